The summed E-state index contributed by atoms with van der Waals surface area (Å²) in [5.41, 5.74) is 0.423. The number of ether oxygens (including phenoxy) is 1. The van der Waals surface area contributed by atoms with Gasteiger partial charge in [-0.3, -0.25) is 14.2 Å². The largest absolute Gasteiger partial charge is 0.484 e. The summed E-state index contributed by atoms with van der Waals surface area (Å²) >= 11 is 0. The van der Waals surface area contributed by atoms with Crippen LogP contribution < -0.4 is 15.6 Å². The Morgan fingerprint density at radius 2 is 1.88 bits per heavy atom. The minimum atomic E-state index is -0.394. The molecule has 0 bridgehead atoms. The van der Waals surface area contributed by atoms with Gasteiger partial charge in [0.25, 0.3) is 11.5 Å². The third-order valence-corrected chi connectivity index (χ3v) is 4.75. The smallest absolute Gasteiger partial charge is 0.264 e. The van der Waals surface area contributed by atoms with Gasteiger partial charge in [-0.2, -0.15) is 5.10 Å². The van der Waals surface area contributed by atoms with Crippen LogP contribution in [0.4, 0.5) is 8.78 Å². The Labute approximate surface area is 181 Å². The van der Waals surface area contributed by atoms with Crippen molar-refractivity contribution < 1.29 is 18.3 Å². The molecule has 2 aromatic heterocycles. The third kappa shape index (κ3) is 4.80. The Morgan fingerprint density at radius 3 is 2.66 bits per heavy atom. The summed E-state index contributed by atoms with van der Waals surface area (Å²) in [6.07, 6.45) is 2.76. The van der Waals surface area contributed by atoms with Gasteiger partial charge >= 0.3 is 0 Å². The van der Waals surface area contributed by atoms with Crippen LogP contribution in [0.1, 0.15) is 5.56 Å². The third-order valence-electron chi connectivity index (χ3n) is 4.75. The number of aromatic nitrogens is 4. The summed E-state index contributed by atoms with van der Waals surface area (Å²) in [5, 5.41) is 7.15. The molecule has 4 rings (SSSR count). The van der Waals surface area contributed by atoms with E-state index in [2.05, 4.69) is 15.4 Å². The van der Waals surface area contributed by atoms with Crippen molar-refractivity contribution >= 4 is 16.9 Å². The average molecular weight is 439 g/mol. The van der Waals surface area contributed by atoms with Gasteiger partial charge in [0.05, 0.1) is 19.3 Å². The molecule has 0 spiro atoms. The zero-order chi connectivity index (χ0) is 22.5. The summed E-state index contributed by atoms with van der Waals surface area (Å²) in [7, 11) is 0. The molecular weight excluding hydrogens is 420 g/mol. The Bertz CT molecular complexity index is 1300. The minimum absolute atomic E-state index is 0.0593. The first-order chi connectivity index (χ1) is 15.5. The molecule has 0 aliphatic heterocycles. The molecular formula is C22H19F2N5O3. The van der Waals surface area contributed by atoms with Crippen molar-refractivity contribution in [1.29, 1.82) is 0 Å². The molecule has 0 aliphatic carbocycles. The van der Waals surface area contributed by atoms with Crippen LogP contribution in [0.25, 0.3) is 11.0 Å². The average Bonchev–Trinajstić information content (AvgIpc) is 3.20. The Balaban J connectivity index is 1.35. The molecule has 2 heterocycles. The van der Waals surface area contributed by atoms with Gasteiger partial charge < -0.3 is 10.1 Å². The molecule has 0 aliphatic rings. The Kier molecular flexibility index (Phi) is 6.20. The first-order valence-electron chi connectivity index (χ1n) is 9.80. The van der Waals surface area contributed by atoms with Gasteiger partial charge in [-0.1, -0.05) is 18.2 Å². The predicted molar refractivity (Wildman–Crippen MR) is 112 cm³/mol. The molecule has 164 valence electrons. The summed E-state index contributed by atoms with van der Waals surface area (Å²) in [5.74, 6) is -0.753. The highest BCUT2D eigenvalue weighted by atomic mass is 19.1. The fraction of sp³-hybridized carbons (Fsp3) is 0.182. The lowest BCUT2D eigenvalue weighted by atomic mass is 10.2. The second-order valence-corrected chi connectivity index (χ2v) is 6.97. The molecule has 4 aromatic rings. The molecule has 2 aromatic carbocycles. The maximum absolute atomic E-state index is 13.9. The van der Waals surface area contributed by atoms with E-state index in [0.29, 0.717) is 22.3 Å². The second kappa shape index (κ2) is 9.38. The Hall–Kier alpha value is -4.08. The number of amides is 1. The van der Waals surface area contributed by atoms with Crippen LogP contribution in [0, 0.1) is 11.6 Å². The first kappa shape index (κ1) is 21.2. The van der Waals surface area contributed by atoms with Crippen molar-refractivity contribution in [3.63, 3.8) is 0 Å². The van der Waals surface area contributed by atoms with Gasteiger partial charge in [0.1, 0.15) is 29.1 Å². The lowest BCUT2D eigenvalue weighted by Crippen LogP contribution is -2.31. The quantitative estimate of drug-likeness (QED) is 0.454. The van der Waals surface area contributed by atoms with E-state index in [0.717, 1.165) is 0 Å². The topological polar surface area (TPSA) is 91.0 Å². The first-order valence-corrected chi connectivity index (χ1v) is 9.80. The number of carbonyl (C=O) groups is 1. The highest BCUT2D eigenvalue weighted by Crippen LogP contribution is 2.11. The highest BCUT2D eigenvalue weighted by molar-refractivity contribution is 5.77. The van der Waals surface area contributed by atoms with E-state index in [1.54, 1.807) is 18.2 Å². The van der Waals surface area contributed by atoms with E-state index >= 15 is 0 Å². The van der Waals surface area contributed by atoms with E-state index < -0.39 is 5.82 Å². The van der Waals surface area contributed by atoms with Gasteiger partial charge in [0, 0.05) is 12.1 Å². The maximum Gasteiger partial charge on any atom is 0.264 e. The number of hydrogen-bond donors (Lipinski definition) is 1. The van der Waals surface area contributed by atoms with Crippen LogP contribution in [0.5, 0.6) is 5.75 Å². The number of halogens is 2. The van der Waals surface area contributed by atoms with Crippen molar-refractivity contribution in [2.45, 2.75) is 13.1 Å². The van der Waals surface area contributed by atoms with Crippen molar-refractivity contribution in [1.82, 2.24) is 24.6 Å². The zero-order valence-electron chi connectivity index (χ0n) is 16.9. The molecule has 0 saturated carbocycles. The van der Waals surface area contributed by atoms with Crippen LogP contribution >= 0.6 is 0 Å². The molecule has 1 amide bonds. The number of fused-ring (bicyclic) bond motifs is 1. The van der Waals surface area contributed by atoms with Gasteiger partial charge in [-0.05, 0) is 30.3 Å². The SMILES string of the molecule is O=C(COc1ccc(F)cc1)NCCn1ncc2c(=O)n(Cc3ccccc3F)cnc21. The molecule has 10 heteroatoms. The molecule has 0 unspecified atom stereocenters. The molecule has 1 N–H and O–H groups in total. The van der Waals surface area contributed by atoms with E-state index in [9.17, 15) is 18.4 Å². The predicted octanol–water partition coefficient (Wildman–Crippen LogP) is 2.11. The fourth-order valence-corrected chi connectivity index (χ4v) is 3.12. The number of benzene rings is 2. The van der Waals surface area contributed by atoms with Gasteiger partial charge in [-0.15, -0.1) is 0 Å². The van der Waals surface area contributed by atoms with E-state index in [-0.39, 0.29) is 43.5 Å². The van der Waals surface area contributed by atoms with Crippen LogP contribution in [0.2, 0.25) is 0 Å². The van der Waals surface area contributed by atoms with Crippen molar-refractivity contribution in [2.75, 3.05) is 13.2 Å². The van der Waals surface area contributed by atoms with E-state index in [4.69, 9.17) is 4.74 Å². The van der Waals surface area contributed by atoms with Gasteiger partial charge in [-0.25, -0.2) is 18.4 Å². The van der Waals surface area contributed by atoms with E-state index in [1.165, 1.54) is 52.1 Å². The molecule has 0 radical (unpaired) electrons. The minimum Gasteiger partial charge on any atom is -0.484 e. The van der Waals surface area contributed by atoms with Crippen molar-refractivity contribution in [3.8, 4) is 5.75 Å². The molecule has 0 saturated heterocycles. The summed E-state index contributed by atoms with van der Waals surface area (Å²) < 4.78 is 34.9. The van der Waals surface area contributed by atoms with Crippen LogP contribution in [0.15, 0.2) is 65.8 Å². The normalized spacial score (nSPS) is 10.9. The Morgan fingerprint density at radius 1 is 1.09 bits per heavy atom. The molecule has 32 heavy (non-hydrogen) atoms. The summed E-state index contributed by atoms with van der Waals surface area (Å²) in [6.45, 7) is 0.367. The zero-order valence-corrected chi connectivity index (χ0v) is 16.9. The number of hydrogen-bond acceptors (Lipinski definition) is 5. The van der Waals surface area contributed by atoms with Crippen LogP contribution in [-0.2, 0) is 17.9 Å². The summed E-state index contributed by atoms with van der Waals surface area (Å²) in [6, 6.07) is 11.6. The summed E-state index contributed by atoms with van der Waals surface area (Å²) in [4.78, 5) is 28.9. The molecule has 0 fully saturated rings. The van der Waals surface area contributed by atoms with Crippen LogP contribution in [0.3, 0.4) is 0 Å². The van der Waals surface area contributed by atoms with Crippen molar-refractivity contribution in [3.05, 3.63) is 88.6 Å². The van der Waals surface area contributed by atoms with Crippen molar-refractivity contribution in [2.24, 2.45) is 0 Å². The fourth-order valence-electron chi connectivity index (χ4n) is 3.12. The second-order valence-electron chi connectivity index (χ2n) is 6.97. The monoisotopic (exact) mass is 439 g/mol. The van der Waals surface area contributed by atoms with Gasteiger partial charge in [0.15, 0.2) is 12.3 Å². The lowest BCUT2D eigenvalue weighted by Gasteiger charge is -2.09. The number of carbonyl (C=O) groups excluding carboxylic acids is 1. The standard InChI is InChI=1S/C22H19F2N5O3/c23-16-5-7-17(8-6-16)32-13-20(30)25-9-10-29-21-18(11-27-29)22(31)28(14-26-21)12-15-3-1-2-4-19(15)24/h1-8,11,14H,9-10,12-13H2,(H,25,30). The number of nitrogens with zero attached hydrogens (tertiary/aromatic N) is 4. The highest BCUT2D eigenvalue weighted by Gasteiger charge is 2.12. The molecule has 8 nitrogen and oxygen atoms in total. The van der Waals surface area contributed by atoms with Gasteiger partial charge in [0.2, 0.25) is 0 Å². The number of rotatable bonds is 8. The lowest BCUT2D eigenvalue weighted by molar-refractivity contribution is -0.123. The molecule has 0 atom stereocenters. The van der Waals surface area contributed by atoms with E-state index in [1.807, 2.05) is 0 Å². The van der Waals surface area contributed by atoms with Crippen LogP contribution in [-0.4, -0.2) is 38.4 Å². The maximum atomic E-state index is 13.9. The number of nitrogens with one attached hydrogen (secondary N) is 1.